The van der Waals surface area contributed by atoms with E-state index in [0.29, 0.717) is 23.7 Å². The number of fused-ring (bicyclic) bond motifs is 1. The molecule has 0 spiro atoms. The lowest BCUT2D eigenvalue weighted by Gasteiger charge is -2.27. The first-order valence-corrected chi connectivity index (χ1v) is 12.9. The van der Waals surface area contributed by atoms with Crippen molar-refractivity contribution in [2.75, 3.05) is 22.8 Å². The molecule has 0 atom stereocenters. The molecule has 0 saturated heterocycles. The number of nitrogens with zero attached hydrogens (tertiary/aromatic N) is 1. The Labute approximate surface area is 210 Å². The van der Waals surface area contributed by atoms with Gasteiger partial charge in [-0.2, -0.15) is 0 Å². The Bertz CT molecular complexity index is 1520. The van der Waals surface area contributed by atoms with E-state index in [1.807, 2.05) is 19.9 Å². The van der Waals surface area contributed by atoms with E-state index in [4.69, 9.17) is 4.74 Å². The van der Waals surface area contributed by atoms with Crippen molar-refractivity contribution in [1.29, 1.82) is 0 Å². The molecule has 4 aromatic carbocycles. The summed E-state index contributed by atoms with van der Waals surface area (Å²) in [7, 11) is -4.25. The number of hydrogen-bond donors (Lipinski definition) is 1. The van der Waals surface area contributed by atoms with Gasteiger partial charge in [0.15, 0.2) is 0 Å². The molecular weight excluding hydrogens is 479 g/mol. The number of ether oxygens (including phenoxy) is 1. The van der Waals surface area contributed by atoms with E-state index in [-0.39, 0.29) is 15.7 Å². The molecule has 0 saturated carbocycles. The number of rotatable bonds is 8. The maximum Gasteiger partial charge on any atom is 0.265 e. The van der Waals surface area contributed by atoms with E-state index in [9.17, 15) is 17.6 Å². The first kappa shape index (κ1) is 25.2. The molecule has 6 nitrogen and oxygen atoms in total. The summed E-state index contributed by atoms with van der Waals surface area (Å²) in [4.78, 5) is 13.0. The fourth-order valence-corrected chi connectivity index (χ4v) is 5.69. The minimum Gasteiger partial charge on any atom is -0.494 e. The number of amides is 1. The van der Waals surface area contributed by atoms with Crippen LogP contribution in [0.3, 0.4) is 0 Å². The third kappa shape index (κ3) is 5.04. The second-order valence-electron chi connectivity index (χ2n) is 8.33. The minimum absolute atomic E-state index is 0.0747. The van der Waals surface area contributed by atoms with Crippen molar-refractivity contribution in [2.45, 2.75) is 25.7 Å². The zero-order chi connectivity index (χ0) is 25.9. The maximum atomic E-state index is 14.4. The van der Waals surface area contributed by atoms with Gasteiger partial charge in [0.05, 0.1) is 17.2 Å². The summed E-state index contributed by atoms with van der Waals surface area (Å²) < 4.78 is 49.0. The molecule has 0 heterocycles. The number of aryl methyl sites for hydroxylation is 1. The molecule has 0 unspecified atom stereocenters. The Hall–Kier alpha value is -3.91. The average molecular weight is 507 g/mol. The van der Waals surface area contributed by atoms with E-state index < -0.39 is 28.3 Å². The van der Waals surface area contributed by atoms with Gasteiger partial charge in [0.25, 0.3) is 10.0 Å². The Morgan fingerprint density at radius 1 is 0.917 bits per heavy atom. The van der Waals surface area contributed by atoms with Crippen LogP contribution in [0.1, 0.15) is 18.1 Å². The summed E-state index contributed by atoms with van der Waals surface area (Å²) >= 11 is 0. The summed E-state index contributed by atoms with van der Waals surface area (Å²) in [5, 5.41) is 3.20. The highest BCUT2D eigenvalue weighted by Gasteiger charge is 2.30. The Kier molecular flexibility index (Phi) is 7.26. The summed E-state index contributed by atoms with van der Waals surface area (Å²) in [6, 6.07) is 20.9. The quantitative estimate of drug-likeness (QED) is 0.326. The molecule has 0 aromatic heterocycles. The minimum atomic E-state index is -4.25. The highest BCUT2D eigenvalue weighted by molar-refractivity contribution is 7.93. The molecule has 0 fully saturated rings. The van der Waals surface area contributed by atoms with Gasteiger partial charge in [0, 0.05) is 16.5 Å². The fourth-order valence-electron chi connectivity index (χ4n) is 4.02. The van der Waals surface area contributed by atoms with E-state index in [1.165, 1.54) is 12.1 Å². The smallest absolute Gasteiger partial charge is 0.265 e. The van der Waals surface area contributed by atoms with Gasteiger partial charge < -0.3 is 10.1 Å². The molecule has 0 aliphatic carbocycles. The van der Waals surface area contributed by atoms with Crippen LogP contribution < -0.4 is 14.4 Å². The number of carbonyl (C=O) groups excluding carboxylic acids is 1. The van der Waals surface area contributed by atoms with Gasteiger partial charge in [-0.15, -0.1) is 0 Å². The summed E-state index contributed by atoms with van der Waals surface area (Å²) in [6.07, 6.45) is 0. The summed E-state index contributed by atoms with van der Waals surface area (Å²) in [5.41, 5.74) is 2.49. The SMILES string of the molecule is CCOc1ccc(NC(=O)CN(c2cccc(C)c2C)S(=O)(=O)c2ccc(F)c3ccccc23)cc1. The number of halogens is 1. The van der Waals surface area contributed by atoms with Crippen molar-refractivity contribution in [3.8, 4) is 5.75 Å². The molecular formula is C28H27FN2O4S. The molecule has 0 aliphatic rings. The summed E-state index contributed by atoms with van der Waals surface area (Å²) in [5.74, 6) is -0.371. The Balaban J connectivity index is 1.75. The van der Waals surface area contributed by atoms with Crippen LogP contribution >= 0.6 is 0 Å². The van der Waals surface area contributed by atoms with Crippen LogP contribution in [-0.2, 0) is 14.8 Å². The first-order chi connectivity index (χ1) is 17.2. The fraction of sp³-hybridized carbons (Fsp3) is 0.179. The van der Waals surface area contributed by atoms with E-state index in [2.05, 4.69) is 5.32 Å². The van der Waals surface area contributed by atoms with Gasteiger partial charge in [-0.3, -0.25) is 9.10 Å². The van der Waals surface area contributed by atoms with Crippen LogP contribution in [0.5, 0.6) is 5.75 Å². The van der Waals surface area contributed by atoms with Crippen molar-refractivity contribution >= 4 is 38.1 Å². The molecule has 36 heavy (non-hydrogen) atoms. The zero-order valence-corrected chi connectivity index (χ0v) is 21.1. The number of benzene rings is 4. The third-order valence-corrected chi connectivity index (χ3v) is 7.80. The Morgan fingerprint density at radius 2 is 1.61 bits per heavy atom. The van der Waals surface area contributed by atoms with Crippen LogP contribution in [0.4, 0.5) is 15.8 Å². The van der Waals surface area contributed by atoms with Crippen LogP contribution in [0.25, 0.3) is 10.8 Å². The standard InChI is InChI=1S/C28H27FN2O4S/c1-4-35-22-14-12-21(13-15-22)30-28(32)18-31(26-11-7-8-19(2)20(26)3)36(33,34)27-17-16-25(29)23-9-5-6-10-24(23)27/h5-17H,4,18H2,1-3H3,(H,30,32). The number of carbonyl (C=O) groups is 1. The van der Waals surface area contributed by atoms with Crippen LogP contribution in [0.2, 0.25) is 0 Å². The lowest BCUT2D eigenvalue weighted by Crippen LogP contribution is -2.38. The number of hydrogen-bond acceptors (Lipinski definition) is 4. The van der Waals surface area contributed by atoms with Crippen molar-refractivity contribution in [3.63, 3.8) is 0 Å². The van der Waals surface area contributed by atoms with Gasteiger partial charge in [-0.05, 0) is 74.4 Å². The normalized spacial score (nSPS) is 11.3. The molecule has 0 radical (unpaired) electrons. The zero-order valence-electron chi connectivity index (χ0n) is 20.3. The van der Waals surface area contributed by atoms with Crippen LogP contribution in [0, 0.1) is 19.7 Å². The lowest BCUT2D eigenvalue weighted by atomic mass is 10.1. The van der Waals surface area contributed by atoms with E-state index in [0.717, 1.165) is 21.5 Å². The molecule has 8 heteroatoms. The van der Waals surface area contributed by atoms with Gasteiger partial charge >= 0.3 is 0 Å². The maximum absolute atomic E-state index is 14.4. The molecule has 0 aliphatic heterocycles. The third-order valence-electron chi connectivity index (χ3n) is 5.98. The molecule has 4 aromatic rings. The van der Waals surface area contributed by atoms with Gasteiger partial charge in [-0.25, -0.2) is 12.8 Å². The highest BCUT2D eigenvalue weighted by Crippen LogP contribution is 2.33. The number of anilines is 2. The largest absolute Gasteiger partial charge is 0.494 e. The lowest BCUT2D eigenvalue weighted by molar-refractivity contribution is -0.114. The van der Waals surface area contributed by atoms with Crippen molar-refractivity contribution in [3.05, 3.63) is 95.8 Å². The molecule has 186 valence electrons. The number of nitrogens with one attached hydrogen (secondary N) is 1. The highest BCUT2D eigenvalue weighted by atomic mass is 32.2. The monoisotopic (exact) mass is 506 g/mol. The van der Waals surface area contributed by atoms with Crippen molar-refractivity contribution < 1.29 is 22.3 Å². The molecule has 4 rings (SSSR count). The first-order valence-electron chi connectivity index (χ1n) is 11.5. The van der Waals surface area contributed by atoms with Crippen molar-refractivity contribution in [2.24, 2.45) is 0 Å². The second-order valence-corrected chi connectivity index (χ2v) is 10.2. The average Bonchev–Trinajstić information content (AvgIpc) is 2.86. The summed E-state index contributed by atoms with van der Waals surface area (Å²) in [6.45, 7) is 5.61. The number of sulfonamides is 1. The van der Waals surface area contributed by atoms with Gasteiger partial charge in [-0.1, -0.05) is 36.4 Å². The van der Waals surface area contributed by atoms with Gasteiger partial charge in [0.2, 0.25) is 5.91 Å². The van der Waals surface area contributed by atoms with Gasteiger partial charge in [0.1, 0.15) is 18.1 Å². The van der Waals surface area contributed by atoms with Crippen molar-refractivity contribution in [1.82, 2.24) is 0 Å². The topological polar surface area (TPSA) is 75.7 Å². The van der Waals surface area contributed by atoms with Crippen LogP contribution in [-0.4, -0.2) is 27.5 Å². The molecule has 1 N–H and O–H groups in total. The Morgan fingerprint density at radius 3 is 2.31 bits per heavy atom. The second kappa shape index (κ2) is 10.4. The molecule has 0 bridgehead atoms. The predicted octanol–water partition coefficient (Wildman–Crippen LogP) is 5.83. The van der Waals surface area contributed by atoms with E-state index >= 15 is 0 Å². The van der Waals surface area contributed by atoms with E-state index in [1.54, 1.807) is 61.5 Å². The van der Waals surface area contributed by atoms with Crippen LogP contribution in [0.15, 0.2) is 83.8 Å². The molecule has 1 amide bonds. The predicted molar refractivity (Wildman–Crippen MR) is 141 cm³/mol.